The smallest absolute Gasteiger partial charge is 0.260 e. The summed E-state index contributed by atoms with van der Waals surface area (Å²) in [5, 5.41) is 0. The first-order valence-electron chi connectivity index (χ1n) is 13.5. The summed E-state index contributed by atoms with van der Waals surface area (Å²) in [5.74, 6) is 0.727. The molecule has 0 aliphatic heterocycles. The Labute approximate surface area is 221 Å². The maximum Gasteiger partial charge on any atom is 0.260 e. The number of carbonyl (C=O) groups excluding carboxylic acids is 2. The van der Waals surface area contributed by atoms with Gasteiger partial charge in [-0.2, -0.15) is 0 Å². The molecule has 0 aromatic heterocycles. The van der Waals surface area contributed by atoms with Crippen LogP contribution in [0.5, 0.6) is 5.75 Å². The van der Waals surface area contributed by atoms with Crippen LogP contribution in [0.2, 0.25) is 0 Å². The van der Waals surface area contributed by atoms with E-state index in [0.29, 0.717) is 31.8 Å². The van der Waals surface area contributed by atoms with Crippen LogP contribution in [-0.4, -0.2) is 47.4 Å². The van der Waals surface area contributed by atoms with Gasteiger partial charge in [0.05, 0.1) is 0 Å². The molecular weight excluding hydrogens is 460 g/mol. The lowest BCUT2D eigenvalue weighted by Gasteiger charge is -2.35. The number of nitrogens with zero attached hydrogens (tertiary/aromatic N) is 2. The van der Waals surface area contributed by atoms with Gasteiger partial charge in [0.1, 0.15) is 5.75 Å². The van der Waals surface area contributed by atoms with E-state index < -0.39 is 0 Å². The quantitative estimate of drug-likeness (QED) is 0.313. The summed E-state index contributed by atoms with van der Waals surface area (Å²) in [6.07, 6.45) is 6.56. The standard InChI is InChI=1S/C32H38N2O3/c35-31(33(25-28-15-7-2-8-16-28)23-21-27-13-5-1-6-14-27)22-24-34(29-17-9-3-10-18-29)32(36)26-37-30-19-11-4-12-20-30/h1-2,4-8,11-16,19-20,29H,3,9-10,17-18,21-26H2. The minimum atomic E-state index is -0.0394. The van der Waals surface area contributed by atoms with Crippen molar-refractivity contribution in [2.75, 3.05) is 19.7 Å². The first-order valence-corrected chi connectivity index (χ1v) is 13.5. The van der Waals surface area contributed by atoms with E-state index in [2.05, 4.69) is 24.3 Å². The van der Waals surface area contributed by atoms with Crippen molar-refractivity contribution in [2.45, 2.75) is 57.5 Å². The lowest BCUT2D eigenvalue weighted by molar-refractivity contribution is -0.138. The monoisotopic (exact) mass is 498 g/mol. The van der Waals surface area contributed by atoms with Gasteiger partial charge in [0.2, 0.25) is 5.91 Å². The zero-order valence-electron chi connectivity index (χ0n) is 21.6. The third kappa shape index (κ3) is 8.49. The zero-order chi connectivity index (χ0) is 25.7. The van der Waals surface area contributed by atoms with Crippen molar-refractivity contribution < 1.29 is 14.3 Å². The van der Waals surface area contributed by atoms with Crippen LogP contribution in [0.4, 0.5) is 0 Å². The molecule has 1 saturated carbocycles. The topological polar surface area (TPSA) is 49.9 Å². The van der Waals surface area contributed by atoms with Crippen LogP contribution in [0, 0.1) is 0 Å². The fraction of sp³-hybridized carbons (Fsp3) is 0.375. The molecule has 1 aliphatic rings. The highest BCUT2D eigenvalue weighted by Crippen LogP contribution is 2.23. The van der Waals surface area contributed by atoms with Gasteiger partial charge in [-0.3, -0.25) is 9.59 Å². The molecule has 0 saturated heterocycles. The number of carbonyl (C=O) groups is 2. The van der Waals surface area contributed by atoms with Gasteiger partial charge in [0.15, 0.2) is 6.61 Å². The predicted octanol–water partition coefficient (Wildman–Crippen LogP) is 5.89. The number of amides is 2. The second-order valence-electron chi connectivity index (χ2n) is 9.77. The summed E-state index contributed by atoms with van der Waals surface area (Å²) < 4.78 is 5.77. The fourth-order valence-corrected chi connectivity index (χ4v) is 5.03. The van der Waals surface area contributed by atoms with E-state index in [4.69, 9.17) is 4.74 Å². The van der Waals surface area contributed by atoms with Gasteiger partial charge in [-0.15, -0.1) is 0 Å². The van der Waals surface area contributed by atoms with Crippen LogP contribution in [0.1, 0.15) is 49.7 Å². The third-order valence-corrected chi connectivity index (χ3v) is 7.09. The van der Waals surface area contributed by atoms with Crippen LogP contribution in [0.3, 0.4) is 0 Å². The lowest BCUT2D eigenvalue weighted by Crippen LogP contribution is -2.46. The van der Waals surface area contributed by atoms with Gasteiger partial charge >= 0.3 is 0 Å². The molecule has 194 valence electrons. The molecule has 5 heteroatoms. The maximum absolute atomic E-state index is 13.5. The Hall–Kier alpha value is -3.60. The Morgan fingerprint density at radius 3 is 1.95 bits per heavy atom. The van der Waals surface area contributed by atoms with Crippen molar-refractivity contribution >= 4 is 11.8 Å². The number of para-hydroxylation sites is 1. The van der Waals surface area contributed by atoms with E-state index in [1.807, 2.05) is 76.5 Å². The van der Waals surface area contributed by atoms with E-state index in [1.54, 1.807) is 0 Å². The summed E-state index contributed by atoms with van der Waals surface area (Å²) >= 11 is 0. The summed E-state index contributed by atoms with van der Waals surface area (Å²) in [4.78, 5) is 30.6. The lowest BCUT2D eigenvalue weighted by atomic mass is 9.94. The van der Waals surface area contributed by atoms with Gasteiger partial charge in [-0.25, -0.2) is 0 Å². The molecule has 0 N–H and O–H groups in total. The van der Waals surface area contributed by atoms with Crippen molar-refractivity contribution in [2.24, 2.45) is 0 Å². The maximum atomic E-state index is 13.5. The van der Waals surface area contributed by atoms with Crippen molar-refractivity contribution in [1.82, 2.24) is 9.80 Å². The van der Waals surface area contributed by atoms with Gasteiger partial charge in [0.25, 0.3) is 5.91 Å². The van der Waals surface area contributed by atoms with E-state index in [9.17, 15) is 9.59 Å². The average Bonchev–Trinajstić information content (AvgIpc) is 2.96. The molecule has 0 unspecified atom stereocenters. The largest absolute Gasteiger partial charge is 0.484 e. The normalized spacial score (nSPS) is 13.6. The fourth-order valence-electron chi connectivity index (χ4n) is 5.03. The van der Waals surface area contributed by atoms with Crippen LogP contribution in [0.15, 0.2) is 91.0 Å². The zero-order valence-corrected chi connectivity index (χ0v) is 21.6. The molecule has 2 amide bonds. The predicted molar refractivity (Wildman–Crippen MR) is 147 cm³/mol. The molecule has 0 atom stereocenters. The third-order valence-electron chi connectivity index (χ3n) is 7.09. The van der Waals surface area contributed by atoms with Crippen molar-refractivity contribution in [1.29, 1.82) is 0 Å². The van der Waals surface area contributed by atoms with E-state index in [-0.39, 0.29) is 24.5 Å². The second-order valence-corrected chi connectivity index (χ2v) is 9.77. The molecule has 0 spiro atoms. The Balaban J connectivity index is 1.40. The first kappa shape index (κ1) is 26.5. The molecule has 0 heterocycles. The molecule has 0 bridgehead atoms. The number of hydrogen-bond donors (Lipinski definition) is 0. The summed E-state index contributed by atoms with van der Waals surface area (Å²) in [6, 6.07) is 30.0. The Morgan fingerprint density at radius 1 is 0.703 bits per heavy atom. The molecule has 1 aliphatic carbocycles. The molecule has 0 radical (unpaired) electrons. The second kappa shape index (κ2) is 14.2. The van der Waals surface area contributed by atoms with Crippen LogP contribution in [-0.2, 0) is 22.6 Å². The molecular formula is C32H38N2O3. The molecule has 5 nitrogen and oxygen atoms in total. The Bertz CT molecular complexity index is 1080. The van der Waals surface area contributed by atoms with E-state index in [1.165, 1.54) is 12.0 Å². The van der Waals surface area contributed by atoms with Crippen molar-refractivity contribution in [3.8, 4) is 5.75 Å². The van der Waals surface area contributed by atoms with Crippen LogP contribution >= 0.6 is 0 Å². The highest BCUT2D eigenvalue weighted by molar-refractivity contribution is 5.80. The molecule has 1 fully saturated rings. The van der Waals surface area contributed by atoms with Gasteiger partial charge in [-0.1, -0.05) is 98.1 Å². The van der Waals surface area contributed by atoms with Gasteiger partial charge in [0, 0.05) is 32.1 Å². The minimum Gasteiger partial charge on any atom is -0.484 e. The molecule has 3 aromatic carbocycles. The van der Waals surface area contributed by atoms with Crippen LogP contribution in [0.25, 0.3) is 0 Å². The van der Waals surface area contributed by atoms with Crippen molar-refractivity contribution in [3.63, 3.8) is 0 Å². The van der Waals surface area contributed by atoms with Crippen molar-refractivity contribution in [3.05, 3.63) is 102 Å². The molecule has 37 heavy (non-hydrogen) atoms. The summed E-state index contributed by atoms with van der Waals surface area (Å²) in [5.41, 5.74) is 2.32. The number of hydrogen-bond acceptors (Lipinski definition) is 3. The van der Waals surface area contributed by atoms with Gasteiger partial charge < -0.3 is 14.5 Å². The molecule has 4 rings (SSSR count). The number of benzene rings is 3. The highest BCUT2D eigenvalue weighted by atomic mass is 16.5. The number of rotatable bonds is 12. The minimum absolute atomic E-state index is 0.00353. The SMILES string of the molecule is O=C(CCN(C(=O)COc1ccccc1)C1CCCCC1)N(CCc1ccccc1)Cc1ccccc1. The van der Waals surface area contributed by atoms with E-state index >= 15 is 0 Å². The summed E-state index contributed by atoms with van der Waals surface area (Å²) in [7, 11) is 0. The van der Waals surface area contributed by atoms with E-state index in [0.717, 1.165) is 37.7 Å². The Kier molecular flexibility index (Phi) is 10.2. The first-order chi connectivity index (χ1) is 18.2. The summed E-state index contributed by atoms with van der Waals surface area (Å²) in [6.45, 7) is 1.64. The average molecular weight is 499 g/mol. The highest BCUT2D eigenvalue weighted by Gasteiger charge is 2.27. The van der Waals surface area contributed by atoms with Crippen LogP contribution < -0.4 is 4.74 Å². The Morgan fingerprint density at radius 2 is 1.30 bits per heavy atom. The number of ether oxygens (including phenoxy) is 1. The molecule has 3 aromatic rings. The van der Waals surface area contributed by atoms with Gasteiger partial charge in [-0.05, 0) is 42.5 Å².